The Morgan fingerprint density at radius 2 is 1.81 bits per heavy atom. The molecule has 2 saturated heterocycles. The van der Waals surface area contributed by atoms with Gasteiger partial charge in [0.15, 0.2) is 0 Å². The van der Waals surface area contributed by atoms with E-state index in [1.165, 1.54) is 0 Å². The fraction of sp³-hybridized carbons (Fsp3) is 0.677. The van der Waals surface area contributed by atoms with Crippen molar-refractivity contribution in [1.29, 1.82) is 0 Å². The third-order valence-electron chi connectivity index (χ3n) is 8.61. The molecule has 3 fully saturated rings. The number of aliphatic hydroxyl groups is 1. The maximum atomic E-state index is 13.0. The number of carbonyl (C=O) groups excluding carboxylic acids is 2. The summed E-state index contributed by atoms with van der Waals surface area (Å²) in [6, 6.07) is 1.79. The number of hydrogen-bond donors (Lipinski definition) is 1. The molecule has 0 radical (unpaired) electrons. The molecule has 10 nitrogen and oxygen atoms in total. The third-order valence-corrected chi connectivity index (χ3v) is 8.92. The van der Waals surface area contributed by atoms with Crippen LogP contribution in [0.5, 0.6) is 0 Å². The maximum Gasteiger partial charge on any atom is 0.410 e. The molecule has 0 bridgehead atoms. The largest absolute Gasteiger partial charge is 0.449 e. The van der Waals surface area contributed by atoms with E-state index < -0.39 is 16.7 Å². The summed E-state index contributed by atoms with van der Waals surface area (Å²) in [7, 11) is 0. The van der Waals surface area contributed by atoms with E-state index in [1.807, 2.05) is 52.4 Å². The first-order valence-corrected chi connectivity index (χ1v) is 15.4. The van der Waals surface area contributed by atoms with Gasteiger partial charge in [-0.25, -0.2) is 9.59 Å². The highest BCUT2D eigenvalue weighted by molar-refractivity contribution is 6.33. The van der Waals surface area contributed by atoms with Crippen LogP contribution in [0, 0.1) is 12.8 Å². The summed E-state index contributed by atoms with van der Waals surface area (Å²) < 4.78 is 13.1. The van der Waals surface area contributed by atoms with Crippen molar-refractivity contribution in [2.24, 2.45) is 5.92 Å². The third kappa shape index (κ3) is 6.70. The minimum Gasteiger partial charge on any atom is -0.449 e. The van der Waals surface area contributed by atoms with E-state index in [0.717, 1.165) is 18.5 Å². The number of hydrogen-bond acceptors (Lipinski definition) is 7. The van der Waals surface area contributed by atoms with E-state index in [-0.39, 0.29) is 18.2 Å². The Bertz CT molecular complexity index is 1320. The fourth-order valence-electron chi connectivity index (χ4n) is 5.96. The van der Waals surface area contributed by atoms with Crippen molar-refractivity contribution in [3.05, 3.63) is 34.7 Å². The van der Waals surface area contributed by atoms with E-state index in [1.54, 1.807) is 22.1 Å². The lowest BCUT2D eigenvalue weighted by Gasteiger charge is -2.45. The van der Waals surface area contributed by atoms with Crippen LogP contribution in [-0.2, 0) is 15.1 Å². The van der Waals surface area contributed by atoms with Gasteiger partial charge >= 0.3 is 12.2 Å². The topological polar surface area (TPSA) is 110 Å². The number of likely N-dealkylation sites (tertiary alicyclic amines) is 2. The molecule has 42 heavy (non-hydrogen) atoms. The number of rotatable bonds is 5. The summed E-state index contributed by atoms with van der Waals surface area (Å²) in [4.78, 5) is 33.5. The number of pyridine rings is 1. The van der Waals surface area contributed by atoms with Crippen LogP contribution >= 0.6 is 11.6 Å². The summed E-state index contributed by atoms with van der Waals surface area (Å²) in [5.41, 5.74) is 0.459. The van der Waals surface area contributed by atoms with Crippen LogP contribution < -0.4 is 0 Å². The minimum absolute atomic E-state index is 0.00976. The average Bonchev–Trinajstić information content (AvgIpc) is 3.61. The van der Waals surface area contributed by atoms with Crippen LogP contribution in [0.25, 0.3) is 11.3 Å². The second-order valence-electron chi connectivity index (χ2n) is 13.8. The molecule has 5 rings (SSSR count). The molecule has 1 unspecified atom stereocenters. The molecule has 11 heteroatoms. The van der Waals surface area contributed by atoms with Gasteiger partial charge in [0.25, 0.3) is 0 Å². The van der Waals surface area contributed by atoms with Gasteiger partial charge in [-0.05, 0) is 92.1 Å². The average molecular weight is 602 g/mol. The van der Waals surface area contributed by atoms with Gasteiger partial charge in [-0.15, -0.1) is 0 Å². The van der Waals surface area contributed by atoms with Crippen LogP contribution in [0.4, 0.5) is 9.59 Å². The quantitative estimate of drug-likeness (QED) is 0.442. The Hall–Kier alpha value is -2.85. The van der Waals surface area contributed by atoms with Crippen molar-refractivity contribution >= 4 is 23.8 Å². The highest BCUT2D eigenvalue weighted by Gasteiger charge is 2.43. The highest BCUT2D eigenvalue weighted by atomic mass is 35.5. The summed E-state index contributed by atoms with van der Waals surface area (Å²) in [6.45, 7) is 13.3. The summed E-state index contributed by atoms with van der Waals surface area (Å²) in [5, 5.41) is 17.6. The Balaban J connectivity index is 1.40. The van der Waals surface area contributed by atoms with Crippen molar-refractivity contribution in [2.75, 3.05) is 26.2 Å². The van der Waals surface area contributed by atoms with E-state index in [9.17, 15) is 14.7 Å². The molecule has 1 saturated carbocycles. The molecule has 2 aromatic rings. The van der Waals surface area contributed by atoms with E-state index in [0.29, 0.717) is 79.7 Å². The lowest BCUT2D eigenvalue weighted by atomic mass is 9.83. The molecule has 2 aliphatic heterocycles. The van der Waals surface area contributed by atoms with E-state index in [4.69, 9.17) is 26.2 Å². The van der Waals surface area contributed by atoms with Crippen molar-refractivity contribution in [1.82, 2.24) is 24.6 Å². The van der Waals surface area contributed by atoms with Gasteiger partial charge in [0.2, 0.25) is 0 Å². The molecule has 2 aromatic heterocycles. The Kier molecular flexibility index (Phi) is 8.26. The second kappa shape index (κ2) is 11.3. The monoisotopic (exact) mass is 601 g/mol. The molecule has 1 N–H and O–H groups in total. The number of carbonyl (C=O) groups is 2. The van der Waals surface area contributed by atoms with Crippen molar-refractivity contribution in [3.63, 3.8) is 0 Å². The molecule has 1 atom stereocenters. The van der Waals surface area contributed by atoms with Crippen molar-refractivity contribution in [2.45, 2.75) is 103 Å². The zero-order valence-electron chi connectivity index (χ0n) is 25.7. The Morgan fingerprint density at radius 3 is 2.40 bits per heavy atom. The first-order chi connectivity index (χ1) is 19.6. The van der Waals surface area contributed by atoms with Gasteiger partial charge in [-0.3, -0.25) is 9.67 Å². The summed E-state index contributed by atoms with van der Waals surface area (Å²) in [6.07, 6.45) is 7.28. The van der Waals surface area contributed by atoms with Crippen LogP contribution in [0.1, 0.15) is 90.4 Å². The second-order valence-corrected chi connectivity index (χ2v) is 14.2. The number of aryl methyl sites for hydroxylation is 1. The van der Waals surface area contributed by atoms with E-state index in [2.05, 4.69) is 4.98 Å². The predicted octanol–water partition coefficient (Wildman–Crippen LogP) is 6.09. The number of nitrogens with zero attached hydrogens (tertiary/aromatic N) is 5. The summed E-state index contributed by atoms with van der Waals surface area (Å²) >= 11 is 6.70. The molecule has 0 aromatic carbocycles. The van der Waals surface area contributed by atoms with E-state index >= 15 is 0 Å². The van der Waals surface area contributed by atoms with Gasteiger partial charge in [-0.1, -0.05) is 11.6 Å². The number of aromatic nitrogens is 3. The summed E-state index contributed by atoms with van der Waals surface area (Å²) in [5.74, 6) is 0.498. The number of ether oxygens (including phenoxy) is 2. The van der Waals surface area contributed by atoms with Gasteiger partial charge < -0.3 is 24.4 Å². The SMILES string of the molecule is Cc1cc(Cl)c(-c2nn(C3CCN(C(=O)OC(C)(C)C)C(C)(C)C3)cc2C2(O)CCN(C(=O)OCC3CC3)CC2)cn1. The lowest BCUT2D eigenvalue weighted by molar-refractivity contribution is -0.0249. The normalized spacial score (nSPS) is 22.1. The number of amides is 2. The molecule has 2 amide bonds. The molecular formula is C31H44ClN5O5. The molecule has 3 aliphatic rings. The van der Waals surface area contributed by atoms with Crippen LogP contribution in [-0.4, -0.2) is 79.2 Å². The van der Waals surface area contributed by atoms with Crippen molar-refractivity contribution < 1.29 is 24.2 Å². The van der Waals surface area contributed by atoms with Gasteiger partial charge in [-0.2, -0.15) is 5.10 Å². The molecule has 0 spiro atoms. The maximum absolute atomic E-state index is 13.0. The lowest BCUT2D eigenvalue weighted by Crippen LogP contribution is -2.54. The molecular weight excluding hydrogens is 558 g/mol. The van der Waals surface area contributed by atoms with Crippen LogP contribution in [0.15, 0.2) is 18.5 Å². The molecule has 230 valence electrons. The Labute approximate surface area is 253 Å². The van der Waals surface area contributed by atoms with Gasteiger partial charge in [0, 0.05) is 54.4 Å². The standard InChI is InChI=1S/C31H44ClN5O5/c1-20-15-25(32)23(17-33-20)26-24(31(40)10-13-35(14-11-31)27(38)41-19-21-7-8-21)18-37(34-26)22-9-12-36(30(5,6)16-22)28(39)42-29(2,3)4/h15,17-18,21-22,40H,7-14,16,19H2,1-6H3. The molecule has 4 heterocycles. The predicted molar refractivity (Wildman–Crippen MR) is 159 cm³/mol. The van der Waals surface area contributed by atoms with Crippen molar-refractivity contribution in [3.8, 4) is 11.3 Å². The number of piperidine rings is 2. The Morgan fingerprint density at radius 1 is 1.12 bits per heavy atom. The van der Waals surface area contributed by atoms with Gasteiger partial charge in [0.1, 0.15) is 11.3 Å². The highest BCUT2D eigenvalue weighted by Crippen LogP contribution is 2.43. The first-order valence-electron chi connectivity index (χ1n) is 15.0. The van der Waals surface area contributed by atoms with Crippen LogP contribution in [0.3, 0.4) is 0 Å². The van der Waals surface area contributed by atoms with Crippen LogP contribution in [0.2, 0.25) is 5.02 Å². The smallest absolute Gasteiger partial charge is 0.410 e. The zero-order chi connectivity index (χ0) is 30.4. The van der Waals surface area contributed by atoms with Gasteiger partial charge in [0.05, 0.1) is 23.3 Å². The zero-order valence-corrected chi connectivity index (χ0v) is 26.4. The fourth-order valence-corrected chi connectivity index (χ4v) is 6.26. The minimum atomic E-state index is -1.21. The first kappa shape index (κ1) is 30.6. The molecule has 1 aliphatic carbocycles. The number of halogens is 1.